The van der Waals surface area contributed by atoms with Gasteiger partial charge in [-0.2, -0.15) is 11.1 Å². The maximum atomic E-state index is 3.41. The molecule has 0 unspecified atom stereocenters. The van der Waals surface area contributed by atoms with Crippen molar-refractivity contribution in [2.24, 2.45) is 11.8 Å². The second-order valence-corrected chi connectivity index (χ2v) is 7.01. The molecule has 0 atom stereocenters. The monoisotopic (exact) mass is 520 g/mol. The van der Waals surface area contributed by atoms with Crippen LogP contribution in [0.5, 0.6) is 0 Å². The van der Waals surface area contributed by atoms with Crippen LogP contribution in [-0.4, -0.2) is 6.88 Å². The fourth-order valence-corrected chi connectivity index (χ4v) is 2.68. The minimum atomic E-state index is 0. The summed E-state index contributed by atoms with van der Waals surface area (Å²) < 4.78 is 0. The molecule has 2 aliphatic rings. The Morgan fingerprint density at radius 2 is 1.07 bits per heavy atom. The van der Waals surface area contributed by atoms with Gasteiger partial charge in [-0.05, 0) is 11.8 Å². The Morgan fingerprint density at radius 3 is 1.25 bits per heavy atom. The van der Waals surface area contributed by atoms with E-state index < -0.39 is 0 Å². The van der Waals surface area contributed by atoms with Crippen molar-refractivity contribution in [1.29, 1.82) is 0 Å². The number of allylic oxidation sites excluding steroid dienone is 8. The maximum absolute atomic E-state index is 3.41. The van der Waals surface area contributed by atoms with Crippen molar-refractivity contribution in [3.05, 3.63) is 61.4 Å². The predicted molar refractivity (Wildman–Crippen MR) is 134 cm³/mol. The molecule has 28 heavy (non-hydrogen) atoms. The van der Waals surface area contributed by atoms with E-state index in [2.05, 4.69) is 65.8 Å². The predicted octanol–water partition coefficient (Wildman–Crippen LogP) is 7.83. The molecule has 0 radical (unpaired) electrons. The zero-order valence-corrected chi connectivity index (χ0v) is 25.1. The molecule has 2 rings (SSSR count). The zero-order chi connectivity index (χ0) is 18.5. The summed E-state index contributed by atoms with van der Waals surface area (Å²) in [4.78, 5) is 0. The van der Waals surface area contributed by atoms with Crippen LogP contribution in [-0.2, 0) is 23.3 Å². The van der Waals surface area contributed by atoms with Gasteiger partial charge in [0, 0.05) is 0 Å². The summed E-state index contributed by atoms with van der Waals surface area (Å²) in [5, 5.41) is 0. The van der Waals surface area contributed by atoms with Gasteiger partial charge in [0.25, 0.3) is 0 Å². The molecule has 0 N–H and O–H groups in total. The van der Waals surface area contributed by atoms with E-state index in [1.54, 1.807) is 34.5 Å². The second-order valence-electron chi connectivity index (χ2n) is 7.01. The normalized spacial score (nSPS) is 13.5. The van der Waals surface area contributed by atoms with Gasteiger partial charge in [0.05, 0.1) is 0 Å². The molecule has 0 aromatic heterocycles. The summed E-state index contributed by atoms with van der Waals surface area (Å²) in [6.45, 7) is 15.4. The van der Waals surface area contributed by atoms with E-state index >= 15 is 0 Å². The molecule has 0 nitrogen and oxygen atoms in total. The molecule has 0 bridgehead atoms. The van der Waals surface area contributed by atoms with Crippen LogP contribution < -0.4 is 0 Å². The van der Waals surface area contributed by atoms with Gasteiger partial charge in [0.15, 0.2) is 0 Å². The number of hydrogen-bond donors (Lipinski definition) is 0. The third-order valence-electron chi connectivity index (χ3n) is 4.28. The average Bonchev–Trinajstić information content (AvgIpc) is 3.20. The van der Waals surface area contributed by atoms with Crippen LogP contribution >= 0.6 is 24.8 Å². The van der Waals surface area contributed by atoms with Crippen molar-refractivity contribution < 1.29 is 23.3 Å². The van der Waals surface area contributed by atoms with Gasteiger partial charge >= 0.3 is 30.2 Å². The van der Waals surface area contributed by atoms with Gasteiger partial charge in [0.1, 0.15) is 0 Å². The summed E-state index contributed by atoms with van der Waals surface area (Å²) >= 11 is 1.58. The van der Waals surface area contributed by atoms with Crippen LogP contribution in [0.3, 0.4) is 0 Å². The Morgan fingerprint density at radius 1 is 0.786 bits per heavy atom. The van der Waals surface area contributed by atoms with Gasteiger partial charge in [0.2, 0.25) is 0 Å². The molecule has 0 heterocycles. The fraction of sp³-hybridized carbons (Fsp3) is 0.583. The molecule has 0 aromatic carbocycles. The Hall–Kier alpha value is 0.640. The average molecular weight is 523 g/mol. The summed E-state index contributed by atoms with van der Waals surface area (Å²) in [5.74, 6) is 1.41. The van der Waals surface area contributed by atoms with Crippen molar-refractivity contribution in [3.63, 3.8) is 0 Å². The van der Waals surface area contributed by atoms with E-state index in [0.29, 0.717) is 11.8 Å². The molecule has 0 amide bonds. The van der Waals surface area contributed by atoms with Crippen LogP contribution in [0.1, 0.15) is 80.1 Å². The van der Waals surface area contributed by atoms with Crippen LogP contribution in [0.25, 0.3) is 0 Å². The summed E-state index contributed by atoms with van der Waals surface area (Å²) in [5.41, 5.74) is 5.95. The molecule has 0 spiro atoms. The van der Waals surface area contributed by atoms with Gasteiger partial charge in [-0.25, -0.2) is 23.3 Å². The molecule has 0 aromatic rings. The summed E-state index contributed by atoms with van der Waals surface area (Å²) in [6, 6.07) is 0. The number of halogens is 2. The molecular formula is C24H44Cl2SiZr-4. The minimum absolute atomic E-state index is 0. The van der Waals surface area contributed by atoms with Crippen molar-refractivity contribution in [1.82, 2.24) is 0 Å². The molecule has 166 valence electrons. The first-order chi connectivity index (χ1) is 11.5. The molecule has 0 saturated carbocycles. The zero-order valence-electron chi connectivity index (χ0n) is 19.6. The Balaban J connectivity index is -0.000000102. The van der Waals surface area contributed by atoms with E-state index in [-0.39, 0.29) is 39.7 Å². The van der Waals surface area contributed by atoms with Crippen molar-refractivity contribution >= 4 is 31.7 Å². The van der Waals surface area contributed by atoms with Crippen LogP contribution in [0.4, 0.5) is 0 Å². The van der Waals surface area contributed by atoms with Crippen LogP contribution in [0, 0.1) is 38.8 Å². The summed E-state index contributed by atoms with van der Waals surface area (Å²) in [6.07, 6.45) is 18.5. The molecule has 0 fully saturated rings. The molecule has 0 aliphatic heterocycles. The van der Waals surface area contributed by atoms with Crippen molar-refractivity contribution in [2.45, 2.75) is 80.1 Å². The molecular weight excluding hydrogens is 478 g/mol. The second kappa shape index (κ2) is 23.9. The van der Waals surface area contributed by atoms with Crippen LogP contribution in [0.2, 0.25) is 0 Å². The SMILES string of the molecule is CCCC1=[C-]CC(C(C)C)=C1.CCCC1=[C-]CC(C(C)C)=C1.Cl.Cl.[CH3-].[CH3-].[SiH2]=[Zr]. The Bertz CT molecular complexity index is 445. The third kappa shape index (κ3) is 16.4. The van der Waals surface area contributed by atoms with Gasteiger partial charge in [-0.3, -0.25) is 12.2 Å². The first kappa shape index (κ1) is 39.2. The number of rotatable bonds is 6. The van der Waals surface area contributed by atoms with E-state index in [1.807, 2.05) is 6.88 Å². The standard InChI is InChI=1S/2C11H17.2CH3.2ClH.H2Si.Zr/c2*1-4-5-10-6-7-11(8-10)9(2)3;;;;;;/h2*8-9H,4-5,7H2,1-3H3;2*1H3;2*1H;1H2;/q4*-1;;;;. The Kier molecular flexibility index (Phi) is 33.4. The molecule has 2 aliphatic carbocycles. The van der Waals surface area contributed by atoms with Gasteiger partial charge in [-0.1, -0.05) is 67.2 Å². The molecule has 0 saturated heterocycles. The van der Waals surface area contributed by atoms with Crippen LogP contribution in [0.15, 0.2) is 34.4 Å². The number of hydrogen-bond acceptors (Lipinski definition) is 0. The van der Waals surface area contributed by atoms with Gasteiger partial charge in [-0.15, -0.1) is 37.7 Å². The van der Waals surface area contributed by atoms with E-state index in [0.717, 1.165) is 12.8 Å². The van der Waals surface area contributed by atoms with E-state index in [1.165, 1.54) is 36.8 Å². The quantitative estimate of drug-likeness (QED) is 0.246. The third-order valence-corrected chi connectivity index (χ3v) is 4.28. The van der Waals surface area contributed by atoms with Gasteiger partial charge < -0.3 is 14.9 Å². The van der Waals surface area contributed by atoms with E-state index in [4.69, 9.17) is 0 Å². The van der Waals surface area contributed by atoms with Crippen molar-refractivity contribution in [2.75, 3.05) is 0 Å². The fourth-order valence-electron chi connectivity index (χ4n) is 2.68. The topological polar surface area (TPSA) is 0 Å². The first-order valence-corrected chi connectivity index (χ1v) is 15.4. The van der Waals surface area contributed by atoms with E-state index in [9.17, 15) is 0 Å². The van der Waals surface area contributed by atoms with Crippen molar-refractivity contribution in [3.8, 4) is 0 Å². The molecule has 4 heteroatoms. The summed E-state index contributed by atoms with van der Waals surface area (Å²) in [7, 11) is 0. The Labute approximate surface area is 207 Å². The first-order valence-electron chi connectivity index (χ1n) is 9.43.